The Hall–Kier alpha value is -1.65. The van der Waals surface area contributed by atoms with Crippen molar-refractivity contribution in [2.45, 2.75) is 12.5 Å². The van der Waals surface area contributed by atoms with Gasteiger partial charge in [0.1, 0.15) is 11.9 Å². The first-order valence-electron chi connectivity index (χ1n) is 6.59. The molecule has 1 unspecified atom stereocenters. The summed E-state index contributed by atoms with van der Waals surface area (Å²) in [5.41, 5.74) is 3.51. The second-order valence-corrected chi connectivity index (χ2v) is 4.75. The van der Waals surface area contributed by atoms with Crippen LogP contribution in [0.4, 0.5) is 0 Å². The summed E-state index contributed by atoms with van der Waals surface area (Å²) in [5.74, 6) is 0.877. The first-order chi connectivity index (χ1) is 9.36. The molecule has 1 atom stereocenters. The van der Waals surface area contributed by atoms with E-state index < -0.39 is 0 Å². The molecule has 4 nitrogen and oxygen atoms in total. The zero-order chi connectivity index (χ0) is 13.1. The number of morpholine rings is 1. The minimum Gasteiger partial charge on any atom is -0.497 e. The minimum atomic E-state index is 0.119. The highest BCUT2D eigenvalue weighted by atomic mass is 16.5. The van der Waals surface area contributed by atoms with Gasteiger partial charge in [-0.05, 0) is 23.3 Å². The summed E-state index contributed by atoms with van der Waals surface area (Å²) in [6.45, 7) is 2.55. The van der Waals surface area contributed by atoms with E-state index in [0.29, 0.717) is 0 Å². The molecule has 0 saturated carbocycles. The van der Waals surface area contributed by atoms with Gasteiger partial charge in [-0.2, -0.15) is 0 Å². The molecular weight excluding hydrogens is 240 g/mol. The van der Waals surface area contributed by atoms with Crippen LogP contribution in [-0.4, -0.2) is 38.6 Å². The topological polar surface area (TPSA) is 42.8 Å². The molecule has 0 amide bonds. The van der Waals surface area contributed by atoms with Gasteiger partial charge in [-0.15, -0.1) is 0 Å². The van der Waals surface area contributed by atoms with Gasteiger partial charge in [0.15, 0.2) is 0 Å². The van der Waals surface area contributed by atoms with Gasteiger partial charge < -0.3 is 14.8 Å². The highest BCUT2D eigenvalue weighted by Gasteiger charge is 2.23. The van der Waals surface area contributed by atoms with E-state index in [1.807, 2.05) is 24.4 Å². The van der Waals surface area contributed by atoms with Crippen LogP contribution < -0.4 is 10.1 Å². The summed E-state index contributed by atoms with van der Waals surface area (Å²) < 4.78 is 11.0. The highest BCUT2D eigenvalue weighted by molar-refractivity contribution is 6.01. The van der Waals surface area contributed by atoms with Gasteiger partial charge in [-0.1, -0.05) is 12.1 Å². The van der Waals surface area contributed by atoms with E-state index in [2.05, 4.69) is 16.4 Å². The van der Waals surface area contributed by atoms with Crippen LogP contribution in [0.1, 0.15) is 12.0 Å². The molecule has 2 heterocycles. The predicted octanol–water partition coefficient (Wildman–Crippen LogP) is 1.87. The summed E-state index contributed by atoms with van der Waals surface area (Å²) in [7, 11) is 1.69. The lowest BCUT2D eigenvalue weighted by Gasteiger charge is -2.23. The van der Waals surface area contributed by atoms with Crippen molar-refractivity contribution in [3.8, 4) is 5.75 Å². The van der Waals surface area contributed by atoms with Crippen LogP contribution in [0, 0.1) is 0 Å². The number of ether oxygens (including phenoxy) is 2. The zero-order valence-corrected chi connectivity index (χ0v) is 11.1. The molecule has 1 aromatic carbocycles. The smallest absolute Gasteiger partial charge is 0.119 e. The molecule has 0 aromatic heterocycles. The minimum absolute atomic E-state index is 0.119. The SMILES string of the molecule is COc1cccc(C2=CN=C(C3CNCCO3)C2)c1. The number of allylic oxidation sites excluding steroid dienone is 1. The molecule has 0 spiro atoms. The quantitative estimate of drug-likeness (QED) is 0.900. The van der Waals surface area contributed by atoms with Gasteiger partial charge in [0.2, 0.25) is 0 Å². The average Bonchev–Trinajstić information content (AvgIpc) is 2.98. The van der Waals surface area contributed by atoms with Gasteiger partial charge in [-0.3, -0.25) is 4.99 Å². The molecule has 1 N–H and O–H groups in total. The Morgan fingerprint density at radius 2 is 2.37 bits per heavy atom. The van der Waals surface area contributed by atoms with Gasteiger partial charge in [0.25, 0.3) is 0 Å². The number of nitrogens with zero attached hydrogens (tertiary/aromatic N) is 1. The molecule has 0 radical (unpaired) electrons. The van der Waals surface area contributed by atoms with Gasteiger partial charge in [0.05, 0.1) is 19.4 Å². The fraction of sp³-hybridized carbons (Fsp3) is 0.400. The van der Waals surface area contributed by atoms with Crippen molar-refractivity contribution < 1.29 is 9.47 Å². The maximum Gasteiger partial charge on any atom is 0.119 e. The normalized spacial score (nSPS) is 22.9. The summed E-state index contributed by atoms with van der Waals surface area (Å²) in [5, 5.41) is 3.34. The molecule has 1 aromatic rings. The lowest BCUT2D eigenvalue weighted by atomic mass is 10.0. The van der Waals surface area contributed by atoms with Crippen molar-refractivity contribution in [2.24, 2.45) is 4.99 Å². The monoisotopic (exact) mass is 258 g/mol. The van der Waals surface area contributed by atoms with Crippen LogP contribution in [0.2, 0.25) is 0 Å². The molecule has 1 saturated heterocycles. The molecule has 2 aliphatic heterocycles. The second kappa shape index (κ2) is 5.55. The van der Waals surface area contributed by atoms with Gasteiger partial charge in [-0.25, -0.2) is 0 Å². The van der Waals surface area contributed by atoms with Crippen molar-refractivity contribution in [3.05, 3.63) is 36.0 Å². The second-order valence-electron chi connectivity index (χ2n) is 4.75. The van der Waals surface area contributed by atoms with E-state index in [0.717, 1.165) is 37.6 Å². The number of rotatable bonds is 3. The molecular formula is C15H18N2O2. The maximum absolute atomic E-state index is 5.74. The van der Waals surface area contributed by atoms with Crippen LogP contribution in [-0.2, 0) is 4.74 Å². The van der Waals surface area contributed by atoms with Crippen LogP contribution in [0.3, 0.4) is 0 Å². The largest absolute Gasteiger partial charge is 0.497 e. The standard InChI is InChI=1S/C15H18N2O2/c1-18-13-4-2-3-11(7-13)12-8-14(17-9-12)15-10-16-5-6-19-15/h2-4,7,9,15-16H,5-6,8,10H2,1H3. The van der Waals surface area contributed by atoms with Crippen molar-refractivity contribution >= 4 is 11.3 Å². The fourth-order valence-corrected chi connectivity index (χ4v) is 2.42. The predicted molar refractivity (Wildman–Crippen MR) is 75.6 cm³/mol. The summed E-state index contributed by atoms with van der Waals surface area (Å²) in [6.07, 6.45) is 2.93. The van der Waals surface area contributed by atoms with Crippen LogP contribution in [0.15, 0.2) is 35.5 Å². The van der Waals surface area contributed by atoms with Crippen molar-refractivity contribution in [1.29, 1.82) is 0 Å². The average molecular weight is 258 g/mol. The molecule has 0 bridgehead atoms. The third-order valence-electron chi connectivity index (χ3n) is 3.50. The first kappa shape index (κ1) is 12.4. The van der Waals surface area contributed by atoms with E-state index in [1.54, 1.807) is 7.11 Å². The molecule has 3 rings (SSSR count). The number of nitrogens with one attached hydrogen (secondary N) is 1. The van der Waals surface area contributed by atoms with Gasteiger partial charge >= 0.3 is 0 Å². The Bertz CT molecular complexity index is 517. The molecule has 1 fully saturated rings. The fourth-order valence-electron chi connectivity index (χ4n) is 2.42. The number of hydrogen-bond donors (Lipinski definition) is 1. The van der Waals surface area contributed by atoms with E-state index in [-0.39, 0.29) is 6.10 Å². The van der Waals surface area contributed by atoms with Crippen LogP contribution >= 0.6 is 0 Å². The Morgan fingerprint density at radius 1 is 1.42 bits per heavy atom. The molecule has 100 valence electrons. The molecule has 2 aliphatic rings. The lowest BCUT2D eigenvalue weighted by Crippen LogP contribution is -2.42. The van der Waals surface area contributed by atoms with E-state index in [4.69, 9.17) is 9.47 Å². The molecule has 19 heavy (non-hydrogen) atoms. The number of aliphatic imine (C=N–C) groups is 1. The first-order valence-corrected chi connectivity index (χ1v) is 6.59. The van der Waals surface area contributed by atoms with Crippen LogP contribution in [0.25, 0.3) is 5.57 Å². The van der Waals surface area contributed by atoms with Crippen molar-refractivity contribution in [3.63, 3.8) is 0 Å². The number of benzene rings is 1. The molecule has 0 aliphatic carbocycles. The maximum atomic E-state index is 5.74. The zero-order valence-electron chi connectivity index (χ0n) is 11.1. The highest BCUT2D eigenvalue weighted by Crippen LogP contribution is 2.27. The van der Waals surface area contributed by atoms with E-state index in [9.17, 15) is 0 Å². The Labute approximate surface area is 113 Å². The summed E-state index contributed by atoms with van der Waals surface area (Å²) in [4.78, 5) is 4.52. The third kappa shape index (κ3) is 2.69. The number of methoxy groups -OCH3 is 1. The van der Waals surface area contributed by atoms with Crippen molar-refractivity contribution in [2.75, 3.05) is 26.8 Å². The summed E-state index contributed by atoms with van der Waals surface area (Å²) in [6, 6.07) is 8.09. The van der Waals surface area contributed by atoms with Crippen LogP contribution in [0.5, 0.6) is 5.75 Å². The molecule has 4 heteroatoms. The Morgan fingerprint density at radius 3 is 3.16 bits per heavy atom. The third-order valence-corrected chi connectivity index (χ3v) is 3.50. The van der Waals surface area contributed by atoms with Crippen molar-refractivity contribution in [1.82, 2.24) is 5.32 Å². The Balaban J connectivity index is 1.69. The summed E-state index contributed by atoms with van der Waals surface area (Å²) >= 11 is 0. The van der Waals surface area contributed by atoms with Gasteiger partial charge in [0, 0.05) is 25.7 Å². The van der Waals surface area contributed by atoms with E-state index in [1.165, 1.54) is 11.1 Å². The Kier molecular flexibility index (Phi) is 3.62. The lowest BCUT2D eigenvalue weighted by molar-refractivity contribution is 0.0705. The van der Waals surface area contributed by atoms with E-state index >= 15 is 0 Å². The number of hydrogen-bond acceptors (Lipinski definition) is 4.